The van der Waals surface area contributed by atoms with Gasteiger partial charge in [-0.1, -0.05) is 295 Å². The summed E-state index contributed by atoms with van der Waals surface area (Å²) >= 11 is 0. The van der Waals surface area contributed by atoms with Crippen LogP contribution in [-0.4, -0.2) is 42.6 Å². The summed E-state index contributed by atoms with van der Waals surface area (Å²) < 4.78 is 17.2. The highest BCUT2D eigenvalue weighted by atomic mass is 29.9. The minimum atomic E-state index is -3.70. The molecule has 0 saturated heterocycles. The molecule has 7 heteroatoms. The molecule has 0 unspecified atom stereocenters. The maximum absolute atomic E-state index is 8.60. The van der Waals surface area contributed by atoms with Crippen molar-refractivity contribution in [2.24, 2.45) is 0 Å². The first-order valence-corrected chi connectivity index (χ1v) is 38.3. The zero-order valence-electron chi connectivity index (χ0n) is 39.3. The Labute approximate surface area is 403 Å². The topological polar surface area (TPSA) is 18.5 Å². The first kappa shape index (κ1) is 46.0. The van der Waals surface area contributed by atoms with Crippen LogP contribution in [0, 0.1) is 0 Å². The lowest BCUT2D eigenvalue weighted by atomic mass is 10.2. The normalized spacial score (nSPS) is 12.6. The van der Waals surface area contributed by atoms with Gasteiger partial charge in [0, 0.05) is 5.60 Å². The maximum atomic E-state index is 8.60. The summed E-state index contributed by atoms with van der Waals surface area (Å²) in [5, 5.41) is 10.8. The highest BCUT2D eigenvalue weighted by molar-refractivity contribution is 8.02. The molecule has 0 fully saturated rings. The Kier molecular flexibility index (Phi) is 13.2. The van der Waals surface area contributed by atoms with Crippen LogP contribution in [0.2, 0.25) is 13.1 Å². The van der Waals surface area contributed by atoms with E-state index in [1.54, 1.807) is 0 Å². The Morgan fingerprint density at radius 1 is 0.269 bits per heavy atom. The first-order chi connectivity index (χ1) is 32.6. The minimum absolute atomic E-state index is 0.540. The molecule has 0 bridgehead atoms. The van der Waals surface area contributed by atoms with E-state index in [-0.39, 0.29) is 0 Å². The fourth-order valence-electron chi connectivity index (χ4n) is 11.9. The summed E-state index contributed by atoms with van der Waals surface area (Å²) in [6.45, 7) is 12.5. The molecule has 0 spiro atoms. The zero-order valence-corrected chi connectivity index (χ0v) is 44.3. The number of hydrogen-bond acceptors (Lipinski definition) is 2. The second-order valence-corrected chi connectivity index (χ2v) is 58.3. The molecule has 0 aliphatic rings. The highest BCUT2D eigenvalue weighted by Crippen LogP contribution is 2.42. The second kappa shape index (κ2) is 19.2. The Hall–Kier alpha value is -6.18. The summed E-state index contributed by atoms with van der Waals surface area (Å²) in [6, 6.07) is 104. The van der Waals surface area contributed by atoms with Gasteiger partial charge in [-0.05, 0) is 53.7 Å². The minimum Gasteiger partial charge on any atom is -0.537 e. The lowest BCUT2D eigenvalue weighted by Gasteiger charge is -2.64. The maximum Gasteiger partial charge on any atom is 0.303 e. The van der Waals surface area contributed by atoms with Gasteiger partial charge < -0.3 is 8.85 Å². The van der Waals surface area contributed by atoms with Gasteiger partial charge in [0.15, 0.2) is 7.11 Å². The second-order valence-electron chi connectivity index (χ2n) is 19.0. The van der Waals surface area contributed by atoms with Crippen LogP contribution >= 0.6 is 0 Å². The van der Waals surface area contributed by atoms with E-state index in [4.69, 9.17) is 8.85 Å². The van der Waals surface area contributed by atoms with Gasteiger partial charge in [-0.2, -0.15) is 0 Å². The predicted molar refractivity (Wildman–Crippen MR) is 297 cm³/mol. The summed E-state index contributed by atoms with van der Waals surface area (Å²) in [7, 11) is -17.8. The molecule has 67 heavy (non-hydrogen) atoms. The average Bonchev–Trinajstić information content (AvgIpc) is 3.38. The van der Waals surface area contributed by atoms with Gasteiger partial charge in [0.1, 0.15) is 12.9 Å². The van der Waals surface area contributed by atoms with Crippen molar-refractivity contribution < 1.29 is 8.85 Å². The van der Waals surface area contributed by atoms with Crippen molar-refractivity contribution in [1.82, 2.24) is 0 Å². The summed E-state index contributed by atoms with van der Waals surface area (Å²) in [6.07, 6.45) is 0. The van der Waals surface area contributed by atoms with E-state index in [1.807, 2.05) is 0 Å². The van der Waals surface area contributed by atoms with E-state index in [1.165, 1.54) is 41.5 Å². The number of benzene rings is 9. The Morgan fingerprint density at radius 3 is 0.731 bits per heavy atom. The van der Waals surface area contributed by atoms with Crippen LogP contribution in [0.4, 0.5) is 0 Å². The van der Waals surface area contributed by atoms with Gasteiger partial charge in [-0.25, -0.2) is 0 Å². The van der Waals surface area contributed by atoms with Crippen LogP contribution in [-0.2, 0) is 4.43 Å². The Morgan fingerprint density at radius 2 is 0.478 bits per heavy atom. The van der Waals surface area contributed by atoms with E-state index >= 15 is 0 Å². The highest BCUT2D eigenvalue weighted by Gasteiger charge is 2.81. The van der Waals surface area contributed by atoms with E-state index < -0.39 is 42.6 Å². The fraction of sp³-hybridized carbons (Fsp3) is 0.100. The molecule has 9 aromatic rings. The quantitative estimate of drug-likeness (QED) is 0.0957. The average molecular weight is 954 g/mol. The molecule has 0 aliphatic carbocycles. The van der Waals surface area contributed by atoms with E-state index in [2.05, 4.69) is 307 Å². The largest absolute Gasteiger partial charge is 0.537 e. The molecule has 0 N–H and O–H groups in total. The molecule has 0 radical (unpaired) electrons. The van der Waals surface area contributed by atoms with E-state index in [0.717, 1.165) is 5.75 Å². The lowest BCUT2D eigenvalue weighted by Crippen LogP contribution is -3.07. The zero-order chi connectivity index (χ0) is 46.4. The molecule has 0 aromatic heterocycles. The Bertz CT molecular complexity index is 2780. The van der Waals surface area contributed by atoms with Gasteiger partial charge in [0.2, 0.25) is 7.83 Å². The van der Waals surface area contributed by atoms with Gasteiger partial charge in [-0.15, -0.1) is 0 Å². The van der Waals surface area contributed by atoms with Gasteiger partial charge in [0.05, 0.1) is 7.11 Å². The molecule has 9 rings (SSSR count). The summed E-state index contributed by atoms with van der Waals surface area (Å²) in [5.41, 5.74) is -0.540. The van der Waals surface area contributed by atoms with Crippen molar-refractivity contribution in [3.8, 4) is 5.75 Å². The number of rotatable bonds is 15. The van der Waals surface area contributed by atoms with Crippen LogP contribution in [0.15, 0.2) is 273 Å². The van der Waals surface area contributed by atoms with Crippen LogP contribution in [0.3, 0.4) is 0 Å². The molecule has 2 nitrogen and oxygen atoms in total. The van der Waals surface area contributed by atoms with Crippen molar-refractivity contribution in [3.05, 3.63) is 273 Å². The van der Waals surface area contributed by atoms with E-state index in [9.17, 15) is 0 Å². The third kappa shape index (κ3) is 7.73. The molecular formula is C60H60O2Si5. The smallest absolute Gasteiger partial charge is 0.303 e. The lowest BCUT2D eigenvalue weighted by molar-refractivity contribution is 0.132. The van der Waals surface area contributed by atoms with Crippen molar-refractivity contribution >= 4 is 78.5 Å². The van der Waals surface area contributed by atoms with Gasteiger partial charge >= 0.3 is 7.83 Å². The SMILES string of the molecule is CC(C)(C)O[Si](c1ccccc1)(c1ccccc1)[Si](c1ccccc1)(c1ccccc1)[Si](C)(C)[Si](c1ccccc1)(c1ccccc1)[Si](Oc1ccccc1)(c1ccccc1)c1ccccc1. The standard InChI is InChI=1S/C60H60O2Si5/c1-60(2,3)62-65(54-39-21-9-22-40-54,55-41-23-10-24-42-55)67(58-47-29-13-30-48-58,59-49-31-14-32-50-59)63(4,5)66(56-43-25-11-26-44-56,57-45-27-12-28-46-57)64(52-35-17-7-18-36-52,53-37-19-8-20-38-53)61-51-33-15-6-16-34-51/h6-50H,1-5H3. The molecule has 0 atom stereocenters. The third-order valence-corrected chi connectivity index (χ3v) is 88.1. The molecular weight excluding hydrogens is 893 g/mol. The summed E-state index contributed by atoms with van der Waals surface area (Å²) in [4.78, 5) is 0. The van der Waals surface area contributed by atoms with Crippen LogP contribution in [0.1, 0.15) is 20.8 Å². The fourth-order valence-corrected chi connectivity index (χ4v) is 119. The van der Waals surface area contributed by atoms with Gasteiger partial charge in [0.25, 0.3) is 0 Å². The third-order valence-electron chi connectivity index (χ3n) is 14.0. The van der Waals surface area contributed by atoms with E-state index in [0.29, 0.717) is 0 Å². The predicted octanol–water partition coefficient (Wildman–Crippen LogP) is 8.95. The monoisotopic (exact) mass is 952 g/mol. The summed E-state index contributed by atoms with van der Waals surface area (Å²) in [5.74, 6) is 0.891. The molecule has 332 valence electrons. The van der Waals surface area contributed by atoms with Crippen LogP contribution < -0.4 is 45.9 Å². The van der Waals surface area contributed by atoms with Crippen LogP contribution in [0.5, 0.6) is 5.75 Å². The molecule has 0 saturated carbocycles. The number of hydrogen-bond donors (Lipinski definition) is 0. The molecule has 0 aliphatic heterocycles. The van der Waals surface area contributed by atoms with Gasteiger partial charge in [-0.3, -0.25) is 0 Å². The molecule has 9 aromatic carbocycles. The molecule has 0 amide bonds. The van der Waals surface area contributed by atoms with Crippen molar-refractivity contribution in [2.75, 3.05) is 0 Å². The van der Waals surface area contributed by atoms with Crippen LogP contribution in [0.25, 0.3) is 0 Å². The van der Waals surface area contributed by atoms with Crippen molar-refractivity contribution in [3.63, 3.8) is 0 Å². The molecule has 0 heterocycles. The Balaban J connectivity index is 1.66. The van der Waals surface area contributed by atoms with Crippen molar-refractivity contribution in [1.29, 1.82) is 0 Å². The number of para-hydroxylation sites is 1. The van der Waals surface area contributed by atoms with Crippen molar-refractivity contribution in [2.45, 2.75) is 39.5 Å². The first-order valence-electron chi connectivity index (χ1n) is 23.5.